The van der Waals surface area contributed by atoms with Crippen molar-refractivity contribution in [2.45, 2.75) is 6.10 Å². The molecule has 0 aliphatic heterocycles. The molecule has 4 heteroatoms. The minimum absolute atomic E-state index is 0.0281. The van der Waals surface area contributed by atoms with Gasteiger partial charge in [0.25, 0.3) is 0 Å². The molecule has 0 aromatic heterocycles. The molecule has 0 bridgehead atoms. The Labute approximate surface area is 81.8 Å². The van der Waals surface area contributed by atoms with Gasteiger partial charge < -0.3 is 14.9 Å². The molecule has 0 amide bonds. The highest BCUT2D eigenvalue weighted by Crippen LogP contribution is 2.11. The van der Waals surface area contributed by atoms with Crippen molar-refractivity contribution in [3.05, 3.63) is 29.8 Å². The van der Waals surface area contributed by atoms with Crippen LogP contribution in [-0.2, 0) is 4.74 Å². The van der Waals surface area contributed by atoms with Crippen LogP contribution in [0.2, 0.25) is 0 Å². The maximum Gasteiger partial charge on any atom is 0.193 e. The molecule has 0 radical (unpaired) electrons. The molecule has 0 fully saturated rings. The van der Waals surface area contributed by atoms with Gasteiger partial charge in [-0.3, -0.25) is 4.79 Å². The highest BCUT2D eigenvalue weighted by atomic mass is 16.5. The maximum absolute atomic E-state index is 11.4. The number of aliphatic hydroxyl groups is 1. The third kappa shape index (κ3) is 2.55. The zero-order chi connectivity index (χ0) is 10.6. The number of ketones is 1. The molecule has 1 aromatic carbocycles. The van der Waals surface area contributed by atoms with Crippen LogP contribution in [0.25, 0.3) is 0 Å². The number of carbonyl (C=O) groups excluding carboxylic acids is 1. The van der Waals surface area contributed by atoms with Gasteiger partial charge in [-0.25, -0.2) is 0 Å². The molecule has 0 unspecified atom stereocenters. The fourth-order valence-electron chi connectivity index (χ4n) is 1.05. The number of hydrogen-bond donors (Lipinski definition) is 2. The first-order valence-corrected chi connectivity index (χ1v) is 4.15. The van der Waals surface area contributed by atoms with Gasteiger partial charge in [0.1, 0.15) is 11.9 Å². The Morgan fingerprint density at radius 1 is 1.43 bits per heavy atom. The number of phenols is 1. The number of aliphatic hydroxyl groups excluding tert-OH is 1. The monoisotopic (exact) mass is 196 g/mol. The standard InChI is InChI=1S/C10H12O4/c1-14-6-9(12)10(13)7-2-4-8(11)5-3-7/h2-5,9,11-12H,6H2,1H3/t9-/m1/s1. The summed E-state index contributed by atoms with van der Waals surface area (Å²) in [6.45, 7) is -0.0281. The van der Waals surface area contributed by atoms with Crippen LogP contribution in [0.3, 0.4) is 0 Å². The summed E-state index contributed by atoms with van der Waals surface area (Å²) in [5.74, 6) is -0.324. The Morgan fingerprint density at radius 3 is 2.50 bits per heavy atom. The predicted molar refractivity (Wildman–Crippen MR) is 50.3 cm³/mol. The van der Waals surface area contributed by atoms with Gasteiger partial charge in [0.05, 0.1) is 6.61 Å². The minimum Gasteiger partial charge on any atom is -0.508 e. The minimum atomic E-state index is -1.15. The van der Waals surface area contributed by atoms with E-state index in [1.807, 2.05) is 0 Å². The lowest BCUT2D eigenvalue weighted by molar-refractivity contribution is 0.0476. The molecule has 2 N–H and O–H groups in total. The van der Waals surface area contributed by atoms with Gasteiger partial charge in [-0.15, -0.1) is 0 Å². The first-order chi connectivity index (χ1) is 6.65. The van der Waals surface area contributed by atoms with Gasteiger partial charge >= 0.3 is 0 Å². The lowest BCUT2D eigenvalue weighted by atomic mass is 10.1. The predicted octanol–water partition coefficient (Wildman–Crippen LogP) is 0.582. The first kappa shape index (κ1) is 10.7. The van der Waals surface area contributed by atoms with E-state index >= 15 is 0 Å². The Kier molecular flexibility index (Phi) is 3.62. The average molecular weight is 196 g/mol. The van der Waals surface area contributed by atoms with E-state index in [0.717, 1.165) is 0 Å². The van der Waals surface area contributed by atoms with Crippen molar-refractivity contribution in [1.29, 1.82) is 0 Å². The summed E-state index contributed by atoms with van der Waals surface area (Å²) in [5.41, 5.74) is 0.354. The van der Waals surface area contributed by atoms with E-state index < -0.39 is 11.9 Å². The maximum atomic E-state index is 11.4. The summed E-state index contributed by atoms with van der Waals surface area (Å²) < 4.78 is 4.65. The molecule has 0 aliphatic rings. The second kappa shape index (κ2) is 4.74. The van der Waals surface area contributed by atoms with Gasteiger partial charge in [0, 0.05) is 12.7 Å². The molecule has 1 rings (SSSR count). The van der Waals surface area contributed by atoms with Crippen LogP contribution in [0.1, 0.15) is 10.4 Å². The van der Waals surface area contributed by atoms with E-state index in [9.17, 15) is 9.90 Å². The largest absolute Gasteiger partial charge is 0.508 e. The molecule has 0 aliphatic carbocycles. The normalized spacial score (nSPS) is 12.4. The van der Waals surface area contributed by atoms with Crippen molar-refractivity contribution < 1.29 is 19.7 Å². The van der Waals surface area contributed by atoms with Gasteiger partial charge in [0.15, 0.2) is 5.78 Å². The molecule has 1 atom stereocenters. The number of phenolic OH excluding ortho intramolecular Hbond substituents is 1. The van der Waals surface area contributed by atoms with Gasteiger partial charge in [-0.05, 0) is 24.3 Å². The Morgan fingerprint density at radius 2 is 2.00 bits per heavy atom. The SMILES string of the molecule is COC[C@@H](O)C(=O)c1ccc(O)cc1. The molecule has 0 heterocycles. The average Bonchev–Trinajstić information content (AvgIpc) is 2.18. The van der Waals surface area contributed by atoms with Crippen LogP contribution in [0.5, 0.6) is 5.75 Å². The van der Waals surface area contributed by atoms with Crippen molar-refractivity contribution in [2.75, 3.05) is 13.7 Å². The van der Waals surface area contributed by atoms with Crippen molar-refractivity contribution in [3.63, 3.8) is 0 Å². The van der Waals surface area contributed by atoms with Crippen molar-refractivity contribution >= 4 is 5.78 Å². The zero-order valence-corrected chi connectivity index (χ0v) is 7.80. The molecule has 14 heavy (non-hydrogen) atoms. The summed E-state index contributed by atoms with van der Waals surface area (Å²) in [6.07, 6.45) is -1.15. The van der Waals surface area contributed by atoms with E-state index in [1.165, 1.54) is 31.4 Å². The number of aromatic hydroxyl groups is 1. The number of benzene rings is 1. The molecule has 0 saturated heterocycles. The highest BCUT2D eigenvalue weighted by molar-refractivity contribution is 5.99. The Bertz CT molecular complexity index is 304. The summed E-state index contributed by atoms with van der Waals surface area (Å²) in [5, 5.41) is 18.3. The molecule has 1 aromatic rings. The fourth-order valence-corrected chi connectivity index (χ4v) is 1.05. The summed E-state index contributed by atoms with van der Waals surface area (Å²) in [4.78, 5) is 11.4. The van der Waals surface area contributed by atoms with E-state index in [0.29, 0.717) is 5.56 Å². The van der Waals surface area contributed by atoms with Crippen LogP contribution >= 0.6 is 0 Å². The van der Waals surface area contributed by atoms with Gasteiger partial charge in [-0.1, -0.05) is 0 Å². The lowest BCUT2D eigenvalue weighted by Gasteiger charge is -2.07. The first-order valence-electron chi connectivity index (χ1n) is 4.15. The highest BCUT2D eigenvalue weighted by Gasteiger charge is 2.16. The number of hydrogen-bond acceptors (Lipinski definition) is 4. The van der Waals surface area contributed by atoms with Crippen LogP contribution in [0, 0.1) is 0 Å². The number of methoxy groups -OCH3 is 1. The van der Waals surface area contributed by atoms with Crippen LogP contribution in [0.15, 0.2) is 24.3 Å². The number of ether oxygens (including phenoxy) is 1. The third-order valence-electron chi connectivity index (χ3n) is 1.78. The second-order valence-electron chi connectivity index (χ2n) is 2.88. The Hall–Kier alpha value is -1.39. The molecule has 76 valence electrons. The lowest BCUT2D eigenvalue weighted by Crippen LogP contribution is -2.25. The third-order valence-corrected chi connectivity index (χ3v) is 1.78. The molecular weight excluding hydrogens is 184 g/mol. The number of Topliss-reactive ketones (excluding diaryl/α,β-unsaturated/α-hetero) is 1. The van der Waals surface area contributed by atoms with Crippen LogP contribution in [0.4, 0.5) is 0 Å². The molecular formula is C10H12O4. The Balaban J connectivity index is 2.74. The summed E-state index contributed by atoms with van der Waals surface area (Å²) in [7, 11) is 1.41. The van der Waals surface area contributed by atoms with Gasteiger partial charge in [0.2, 0.25) is 0 Å². The second-order valence-corrected chi connectivity index (χ2v) is 2.88. The van der Waals surface area contributed by atoms with E-state index in [-0.39, 0.29) is 12.4 Å². The van der Waals surface area contributed by atoms with Crippen molar-refractivity contribution in [1.82, 2.24) is 0 Å². The molecule has 0 spiro atoms. The van der Waals surface area contributed by atoms with Crippen molar-refractivity contribution in [2.24, 2.45) is 0 Å². The summed E-state index contributed by atoms with van der Waals surface area (Å²) >= 11 is 0. The quantitative estimate of drug-likeness (QED) is 0.691. The molecule has 4 nitrogen and oxygen atoms in total. The smallest absolute Gasteiger partial charge is 0.193 e. The number of rotatable bonds is 4. The van der Waals surface area contributed by atoms with E-state index in [2.05, 4.69) is 4.74 Å². The summed E-state index contributed by atoms with van der Waals surface area (Å²) in [6, 6.07) is 5.70. The zero-order valence-electron chi connectivity index (χ0n) is 7.80. The van der Waals surface area contributed by atoms with Crippen LogP contribution in [-0.4, -0.2) is 35.8 Å². The van der Waals surface area contributed by atoms with Gasteiger partial charge in [-0.2, -0.15) is 0 Å². The van der Waals surface area contributed by atoms with Crippen LogP contribution < -0.4 is 0 Å². The molecule has 0 saturated carbocycles. The van der Waals surface area contributed by atoms with E-state index in [1.54, 1.807) is 0 Å². The van der Waals surface area contributed by atoms with Crippen molar-refractivity contribution in [3.8, 4) is 5.75 Å². The number of carbonyl (C=O) groups is 1. The van der Waals surface area contributed by atoms with E-state index in [4.69, 9.17) is 5.11 Å². The fraction of sp³-hybridized carbons (Fsp3) is 0.300. The topological polar surface area (TPSA) is 66.8 Å².